The van der Waals surface area contributed by atoms with Gasteiger partial charge in [0.05, 0.1) is 13.2 Å². The predicted molar refractivity (Wildman–Crippen MR) is 109 cm³/mol. The SMILES string of the molecule is COCCn1c(SC/C=C/c2ccccc2)nnc1-c1ccc(Cl)cc1. The second-order valence-corrected chi connectivity index (χ2v) is 7.01. The van der Waals surface area contributed by atoms with Gasteiger partial charge in [0, 0.05) is 23.4 Å². The van der Waals surface area contributed by atoms with Crippen LogP contribution >= 0.6 is 23.4 Å². The van der Waals surface area contributed by atoms with Crippen molar-refractivity contribution in [3.05, 3.63) is 71.3 Å². The molecule has 0 bridgehead atoms. The number of aromatic nitrogens is 3. The van der Waals surface area contributed by atoms with Crippen molar-refractivity contribution < 1.29 is 4.74 Å². The molecule has 0 spiro atoms. The average molecular weight is 386 g/mol. The van der Waals surface area contributed by atoms with Gasteiger partial charge in [-0.05, 0) is 29.8 Å². The van der Waals surface area contributed by atoms with E-state index in [0.29, 0.717) is 18.2 Å². The van der Waals surface area contributed by atoms with E-state index < -0.39 is 0 Å². The molecule has 3 aromatic rings. The number of thioether (sulfide) groups is 1. The number of hydrogen-bond acceptors (Lipinski definition) is 4. The summed E-state index contributed by atoms with van der Waals surface area (Å²) in [6.07, 6.45) is 4.25. The molecule has 0 saturated heterocycles. The van der Waals surface area contributed by atoms with Crippen molar-refractivity contribution in [2.45, 2.75) is 11.7 Å². The molecule has 134 valence electrons. The van der Waals surface area contributed by atoms with Crippen LogP contribution in [0.5, 0.6) is 0 Å². The summed E-state index contributed by atoms with van der Waals surface area (Å²) in [6.45, 7) is 1.30. The Bertz CT molecular complexity index is 847. The molecule has 0 radical (unpaired) electrons. The summed E-state index contributed by atoms with van der Waals surface area (Å²) in [6, 6.07) is 17.9. The van der Waals surface area contributed by atoms with Crippen LogP contribution in [0.4, 0.5) is 0 Å². The van der Waals surface area contributed by atoms with Crippen molar-refractivity contribution in [2.75, 3.05) is 19.5 Å². The van der Waals surface area contributed by atoms with Gasteiger partial charge >= 0.3 is 0 Å². The molecular formula is C20H20ClN3OS. The third kappa shape index (κ3) is 4.97. The highest BCUT2D eigenvalue weighted by Gasteiger charge is 2.13. The Hall–Kier alpha value is -2.08. The summed E-state index contributed by atoms with van der Waals surface area (Å²) in [4.78, 5) is 0. The van der Waals surface area contributed by atoms with Crippen molar-refractivity contribution in [2.24, 2.45) is 0 Å². The van der Waals surface area contributed by atoms with E-state index in [1.807, 2.05) is 42.5 Å². The molecule has 1 aromatic heterocycles. The Morgan fingerprint density at radius 3 is 2.58 bits per heavy atom. The van der Waals surface area contributed by atoms with Crippen LogP contribution in [0.1, 0.15) is 5.56 Å². The lowest BCUT2D eigenvalue weighted by Gasteiger charge is -2.09. The second kappa shape index (κ2) is 9.57. The quantitative estimate of drug-likeness (QED) is 0.508. The molecule has 0 saturated carbocycles. The van der Waals surface area contributed by atoms with Gasteiger partial charge in [0.25, 0.3) is 0 Å². The van der Waals surface area contributed by atoms with Gasteiger partial charge in [-0.25, -0.2) is 0 Å². The van der Waals surface area contributed by atoms with Gasteiger partial charge < -0.3 is 4.74 Å². The van der Waals surface area contributed by atoms with E-state index in [0.717, 1.165) is 22.3 Å². The largest absolute Gasteiger partial charge is 0.383 e. The summed E-state index contributed by atoms with van der Waals surface area (Å²) in [5.74, 6) is 1.65. The van der Waals surface area contributed by atoms with Crippen molar-refractivity contribution >= 4 is 29.4 Å². The summed E-state index contributed by atoms with van der Waals surface area (Å²) < 4.78 is 7.33. The summed E-state index contributed by atoms with van der Waals surface area (Å²) >= 11 is 7.64. The molecule has 0 N–H and O–H groups in total. The molecule has 0 aliphatic carbocycles. The third-order valence-corrected chi connectivity index (χ3v) is 4.93. The van der Waals surface area contributed by atoms with Gasteiger partial charge in [-0.1, -0.05) is 65.8 Å². The first-order valence-corrected chi connectivity index (χ1v) is 9.67. The molecule has 0 unspecified atom stereocenters. The molecule has 0 fully saturated rings. The smallest absolute Gasteiger partial charge is 0.191 e. The van der Waals surface area contributed by atoms with Gasteiger partial charge in [-0.15, -0.1) is 10.2 Å². The molecule has 3 rings (SSSR count). The number of halogens is 1. The molecule has 4 nitrogen and oxygen atoms in total. The highest BCUT2D eigenvalue weighted by atomic mass is 35.5. The lowest BCUT2D eigenvalue weighted by atomic mass is 10.2. The van der Waals surface area contributed by atoms with E-state index in [1.165, 1.54) is 5.56 Å². The van der Waals surface area contributed by atoms with Crippen LogP contribution in [0.3, 0.4) is 0 Å². The monoisotopic (exact) mass is 385 g/mol. The van der Waals surface area contributed by atoms with Crippen LogP contribution in [0.2, 0.25) is 5.02 Å². The van der Waals surface area contributed by atoms with Gasteiger partial charge in [0.15, 0.2) is 11.0 Å². The zero-order valence-electron chi connectivity index (χ0n) is 14.5. The van der Waals surface area contributed by atoms with E-state index in [-0.39, 0.29) is 0 Å². The first-order valence-electron chi connectivity index (χ1n) is 8.30. The highest BCUT2D eigenvalue weighted by Crippen LogP contribution is 2.25. The van der Waals surface area contributed by atoms with Crippen molar-refractivity contribution in [3.63, 3.8) is 0 Å². The summed E-state index contributed by atoms with van der Waals surface area (Å²) in [5, 5.41) is 10.3. The molecule has 2 aromatic carbocycles. The minimum absolute atomic E-state index is 0.603. The zero-order valence-corrected chi connectivity index (χ0v) is 16.1. The Labute approximate surface area is 162 Å². The number of methoxy groups -OCH3 is 1. The Kier molecular flexibility index (Phi) is 6.89. The first kappa shape index (κ1) is 18.7. The summed E-state index contributed by atoms with van der Waals surface area (Å²) in [5.41, 5.74) is 2.18. The van der Waals surface area contributed by atoms with E-state index in [4.69, 9.17) is 16.3 Å². The Morgan fingerprint density at radius 1 is 1.08 bits per heavy atom. The van der Waals surface area contributed by atoms with Gasteiger partial charge in [-0.2, -0.15) is 0 Å². The van der Waals surface area contributed by atoms with Gasteiger partial charge in [0.2, 0.25) is 0 Å². The van der Waals surface area contributed by atoms with E-state index in [1.54, 1.807) is 18.9 Å². The number of benzene rings is 2. The van der Waals surface area contributed by atoms with Crippen molar-refractivity contribution in [3.8, 4) is 11.4 Å². The maximum Gasteiger partial charge on any atom is 0.191 e. The van der Waals surface area contributed by atoms with Crippen LogP contribution in [-0.2, 0) is 11.3 Å². The number of rotatable bonds is 8. The van der Waals surface area contributed by atoms with Crippen LogP contribution < -0.4 is 0 Å². The highest BCUT2D eigenvalue weighted by molar-refractivity contribution is 7.99. The second-order valence-electron chi connectivity index (χ2n) is 5.58. The van der Waals surface area contributed by atoms with Crippen molar-refractivity contribution in [1.29, 1.82) is 0 Å². The molecule has 0 aliphatic heterocycles. The molecule has 0 amide bonds. The minimum atomic E-state index is 0.603. The molecule has 0 atom stereocenters. The predicted octanol–water partition coefficient (Wildman–Crippen LogP) is 5.05. The Balaban J connectivity index is 1.74. The molecular weight excluding hydrogens is 366 g/mol. The fourth-order valence-electron chi connectivity index (χ4n) is 2.46. The molecule has 0 aliphatic rings. The number of ether oxygens (including phenoxy) is 1. The molecule has 6 heteroatoms. The maximum atomic E-state index is 5.99. The van der Waals surface area contributed by atoms with Gasteiger partial charge in [-0.3, -0.25) is 4.57 Å². The fourth-order valence-corrected chi connectivity index (χ4v) is 3.36. The van der Waals surface area contributed by atoms with Crippen LogP contribution in [0.25, 0.3) is 17.5 Å². The zero-order chi connectivity index (χ0) is 18.2. The number of hydrogen-bond donors (Lipinski definition) is 0. The third-order valence-electron chi connectivity index (χ3n) is 3.76. The van der Waals surface area contributed by atoms with Gasteiger partial charge in [0.1, 0.15) is 0 Å². The van der Waals surface area contributed by atoms with E-state index in [9.17, 15) is 0 Å². The molecule has 26 heavy (non-hydrogen) atoms. The lowest BCUT2D eigenvalue weighted by Crippen LogP contribution is -2.07. The molecule has 1 heterocycles. The average Bonchev–Trinajstić information content (AvgIpc) is 3.07. The fraction of sp³-hybridized carbons (Fsp3) is 0.200. The normalized spacial score (nSPS) is 11.3. The van der Waals surface area contributed by atoms with Crippen LogP contribution in [0.15, 0.2) is 65.8 Å². The minimum Gasteiger partial charge on any atom is -0.383 e. The van der Waals surface area contributed by atoms with Crippen molar-refractivity contribution in [1.82, 2.24) is 14.8 Å². The Morgan fingerprint density at radius 2 is 1.85 bits per heavy atom. The standard InChI is InChI=1S/C20H20ClN3OS/c1-25-14-13-24-19(17-9-11-18(21)12-10-17)22-23-20(24)26-15-5-8-16-6-3-2-4-7-16/h2-12H,13-15H2,1H3/b8-5+. The maximum absolute atomic E-state index is 5.99. The van der Waals surface area contributed by atoms with Crippen LogP contribution in [0, 0.1) is 0 Å². The van der Waals surface area contributed by atoms with Crippen LogP contribution in [-0.4, -0.2) is 34.2 Å². The number of nitrogens with zero attached hydrogens (tertiary/aromatic N) is 3. The lowest BCUT2D eigenvalue weighted by molar-refractivity contribution is 0.185. The van der Waals surface area contributed by atoms with E-state index >= 15 is 0 Å². The topological polar surface area (TPSA) is 39.9 Å². The van der Waals surface area contributed by atoms with E-state index in [2.05, 4.69) is 39.0 Å². The summed E-state index contributed by atoms with van der Waals surface area (Å²) in [7, 11) is 1.70. The first-order chi connectivity index (χ1) is 12.8.